The molecular weight excluding hydrogens is 238 g/mol. The summed E-state index contributed by atoms with van der Waals surface area (Å²) in [6.07, 6.45) is 1.80. The lowest BCUT2D eigenvalue weighted by Crippen LogP contribution is -2.14. The van der Waals surface area contributed by atoms with Crippen LogP contribution in [0.4, 0.5) is 0 Å². The van der Waals surface area contributed by atoms with E-state index in [1.165, 1.54) is 0 Å². The Morgan fingerprint density at radius 2 is 2.12 bits per heavy atom. The lowest BCUT2D eigenvalue weighted by molar-refractivity contribution is 0.567. The molecule has 0 aliphatic carbocycles. The molecule has 0 radical (unpaired) electrons. The Balaban J connectivity index is 2.57. The normalized spacial score (nSPS) is 11.7. The number of hydrogen-bond donors (Lipinski definition) is 1. The summed E-state index contributed by atoms with van der Waals surface area (Å²) in [5.41, 5.74) is 2.92. The van der Waals surface area contributed by atoms with E-state index >= 15 is 0 Å². The molecule has 3 nitrogen and oxygen atoms in total. The number of rotatable bonds is 1. The lowest BCUT2D eigenvalue weighted by atomic mass is 9.92. The highest BCUT2D eigenvalue weighted by molar-refractivity contribution is 7.71. The molecule has 0 fully saturated rings. The second-order valence-corrected chi connectivity index (χ2v) is 5.90. The van der Waals surface area contributed by atoms with Crippen molar-refractivity contribution < 1.29 is 0 Å². The van der Waals surface area contributed by atoms with Crippen molar-refractivity contribution in [1.29, 1.82) is 0 Å². The zero-order valence-electron chi connectivity index (χ0n) is 9.44. The van der Waals surface area contributed by atoms with Crippen LogP contribution in [0.1, 0.15) is 26.5 Å². The molecular formula is C11H13N3S2. The summed E-state index contributed by atoms with van der Waals surface area (Å²) in [4.78, 5) is 12.7. The second-order valence-electron chi connectivity index (χ2n) is 4.60. The fourth-order valence-electron chi connectivity index (χ4n) is 1.31. The van der Waals surface area contributed by atoms with E-state index in [4.69, 9.17) is 12.2 Å². The van der Waals surface area contributed by atoms with Crippen LogP contribution in [0.15, 0.2) is 17.8 Å². The third-order valence-corrected chi connectivity index (χ3v) is 3.21. The highest BCUT2D eigenvalue weighted by Gasteiger charge is 2.16. The summed E-state index contributed by atoms with van der Waals surface area (Å²) >= 11 is 6.74. The van der Waals surface area contributed by atoms with Crippen LogP contribution in [0.2, 0.25) is 0 Å². The molecule has 0 aliphatic rings. The number of nitrogens with one attached hydrogen (secondary N) is 1. The third kappa shape index (κ3) is 2.36. The molecule has 2 heterocycles. The SMILES string of the molecule is CC(C)(C)c1cc(=S)nc(-c2cncs2)[nH]1. The van der Waals surface area contributed by atoms with Gasteiger partial charge in [0.05, 0.1) is 10.4 Å². The van der Waals surface area contributed by atoms with Crippen LogP contribution in [0.3, 0.4) is 0 Å². The average Bonchev–Trinajstić information content (AvgIpc) is 2.68. The van der Waals surface area contributed by atoms with Gasteiger partial charge in [0, 0.05) is 17.3 Å². The molecule has 2 rings (SSSR count). The maximum atomic E-state index is 5.18. The van der Waals surface area contributed by atoms with Crippen molar-refractivity contribution in [2.24, 2.45) is 0 Å². The number of nitrogens with zero attached hydrogens (tertiary/aromatic N) is 2. The largest absolute Gasteiger partial charge is 0.342 e. The predicted octanol–water partition coefficient (Wildman–Crippen LogP) is 3.56. The minimum atomic E-state index is 0.0376. The van der Waals surface area contributed by atoms with Crippen LogP contribution < -0.4 is 0 Å². The molecule has 0 saturated carbocycles. The van der Waals surface area contributed by atoms with E-state index in [2.05, 4.69) is 35.7 Å². The van der Waals surface area contributed by atoms with Crippen LogP contribution in [-0.2, 0) is 5.41 Å². The van der Waals surface area contributed by atoms with E-state index in [1.54, 1.807) is 23.0 Å². The molecule has 0 saturated heterocycles. The van der Waals surface area contributed by atoms with Gasteiger partial charge in [-0.1, -0.05) is 33.0 Å². The van der Waals surface area contributed by atoms with Gasteiger partial charge in [-0.2, -0.15) is 0 Å². The number of thiazole rings is 1. The topological polar surface area (TPSA) is 41.6 Å². The highest BCUT2D eigenvalue weighted by atomic mass is 32.1. The first-order valence-electron chi connectivity index (χ1n) is 4.97. The minimum absolute atomic E-state index is 0.0376. The van der Waals surface area contributed by atoms with Crippen LogP contribution in [0.5, 0.6) is 0 Å². The van der Waals surface area contributed by atoms with E-state index in [9.17, 15) is 0 Å². The molecule has 84 valence electrons. The first kappa shape index (κ1) is 11.4. The van der Waals surface area contributed by atoms with Crippen LogP contribution in [0.25, 0.3) is 10.7 Å². The van der Waals surface area contributed by atoms with E-state index in [0.717, 1.165) is 16.4 Å². The van der Waals surface area contributed by atoms with Gasteiger partial charge in [-0.15, -0.1) is 11.3 Å². The molecule has 1 N–H and O–H groups in total. The number of H-pyrrole nitrogens is 1. The molecule has 2 aromatic rings. The van der Waals surface area contributed by atoms with Crippen molar-refractivity contribution in [3.8, 4) is 10.7 Å². The van der Waals surface area contributed by atoms with Gasteiger partial charge in [0.1, 0.15) is 4.64 Å². The van der Waals surface area contributed by atoms with Gasteiger partial charge in [0.2, 0.25) is 0 Å². The Hall–Kier alpha value is -1.07. The molecule has 0 aliphatic heterocycles. The van der Waals surface area contributed by atoms with Crippen molar-refractivity contribution in [3.05, 3.63) is 28.1 Å². The van der Waals surface area contributed by atoms with Gasteiger partial charge in [0.15, 0.2) is 5.82 Å². The maximum Gasteiger partial charge on any atom is 0.150 e. The minimum Gasteiger partial charge on any atom is -0.342 e. The van der Waals surface area contributed by atoms with Crippen molar-refractivity contribution >= 4 is 23.6 Å². The van der Waals surface area contributed by atoms with Gasteiger partial charge in [-0.25, -0.2) is 4.98 Å². The monoisotopic (exact) mass is 251 g/mol. The predicted molar refractivity (Wildman–Crippen MR) is 69.2 cm³/mol. The molecule has 0 spiro atoms. The summed E-state index contributed by atoms with van der Waals surface area (Å²) in [5.74, 6) is 0.805. The standard InChI is InChI=1S/C11H13N3S2/c1-11(2,3)8-4-9(15)14-10(13-8)7-5-12-6-16-7/h4-6H,1-3H3,(H,13,14,15). The van der Waals surface area contributed by atoms with Crippen molar-refractivity contribution in [2.75, 3.05) is 0 Å². The smallest absolute Gasteiger partial charge is 0.150 e. The molecule has 16 heavy (non-hydrogen) atoms. The molecule has 0 atom stereocenters. The fraction of sp³-hybridized carbons (Fsp3) is 0.364. The first-order valence-corrected chi connectivity index (χ1v) is 6.26. The Morgan fingerprint density at radius 3 is 2.69 bits per heavy atom. The summed E-state index contributed by atoms with van der Waals surface area (Å²) in [6.45, 7) is 6.43. The first-order chi connectivity index (χ1) is 7.47. The third-order valence-electron chi connectivity index (χ3n) is 2.22. The summed E-state index contributed by atoms with van der Waals surface area (Å²) in [5, 5.41) is 0. The van der Waals surface area contributed by atoms with E-state index in [-0.39, 0.29) is 5.41 Å². The molecule has 0 aromatic carbocycles. The second kappa shape index (κ2) is 4.07. The van der Waals surface area contributed by atoms with Crippen molar-refractivity contribution in [2.45, 2.75) is 26.2 Å². The van der Waals surface area contributed by atoms with Gasteiger partial charge >= 0.3 is 0 Å². The lowest BCUT2D eigenvalue weighted by Gasteiger charge is -2.19. The fourth-order valence-corrected chi connectivity index (χ4v) is 2.09. The van der Waals surface area contributed by atoms with E-state index < -0.39 is 0 Å². The molecule has 2 aromatic heterocycles. The summed E-state index contributed by atoms with van der Waals surface area (Å²) in [7, 11) is 0. The van der Waals surface area contributed by atoms with Crippen molar-refractivity contribution in [3.63, 3.8) is 0 Å². The zero-order chi connectivity index (χ0) is 11.8. The van der Waals surface area contributed by atoms with E-state index in [0.29, 0.717) is 4.64 Å². The summed E-state index contributed by atoms with van der Waals surface area (Å²) < 4.78 is 0.618. The molecule has 0 amide bonds. The van der Waals surface area contributed by atoms with E-state index in [1.807, 2.05) is 6.07 Å². The maximum absolute atomic E-state index is 5.18. The van der Waals surface area contributed by atoms with Gasteiger partial charge in [-0.05, 0) is 6.07 Å². The zero-order valence-corrected chi connectivity index (χ0v) is 11.1. The van der Waals surface area contributed by atoms with Crippen LogP contribution in [0, 0.1) is 4.64 Å². The van der Waals surface area contributed by atoms with Gasteiger partial charge in [-0.3, -0.25) is 4.98 Å². The molecule has 0 bridgehead atoms. The van der Waals surface area contributed by atoms with Crippen LogP contribution in [-0.4, -0.2) is 15.0 Å². The number of aromatic amines is 1. The van der Waals surface area contributed by atoms with Gasteiger partial charge < -0.3 is 4.98 Å². The Labute approximate surface area is 104 Å². The highest BCUT2D eigenvalue weighted by Crippen LogP contribution is 2.24. The average molecular weight is 251 g/mol. The Bertz CT molecular complexity index is 535. The Kier molecular flexibility index (Phi) is 2.90. The van der Waals surface area contributed by atoms with Crippen molar-refractivity contribution in [1.82, 2.24) is 15.0 Å². The molecule has 5 heteroatoms. The van der Waals surface area contributed by atoms with Crippen LogP contribution >= 0.6 is 23.6 Å². The molecule has 0 unspecified atom stereocenters. The number of aromatic nitrogens is 3. The number of hydrogen-bond acceptors (Lipinski definition) is 4. The summed E-state index contributed by atoms with van der Waals surface area (Å²) in [6, 6.07) is 1.92. The quantitative estimate of drug-likeness (QED) is 0.788. The Morgan fingerprint density at radius 1 is 1.38 bits per heavy atom. The van der Waals surface area contributed by atoms with Gasteiger partial charge in [0.25, 0.3) is 0 Å².